The van der Waals surface area contributed by atoms with E-state index in [9.17, 15) is 4.39 Å². The topological polar surface area (TPSA) is 71.7 Å². The Morgan fingerprint density at radius 2 is 2.04 bits per heavy atom. The number of nitrogens with zero attached hydrogens (tertiary/aromatic N) is 2. The molecule has 0 bridgehead atoms. The largest absolute Gasteiger partial charge is 0.486 e. The smallest absolute Gasteiger partial charge is 0.216 e. The number of nitrogens with one attached hydrogen (secondary N) is 2. The van der Waals surface area contributed by atoms with Gasteiger partial charge in [0.25, 0.3) is 0 Å². The average Bonchev–Trinajstić information content (AvgIpc) is 2.90. The van der Waals surface area contributed by atoms with Crippen LogP contribution in [0, 0.1) is 19.7 Å². The van der Waals surface area contributed by atoms with Gasteiger partial charge >= 0.3 is 0 Å². The Morgan fingerprint density at radius 1 is 1.31 bits per heavy atom. The SMILES string of the molecule is CCNC(=NCc1nc(C)c(C)o1)NCC(C)Oc1ccccc1F.I. The summed E-state index contributed by atoms with van der Waals surface area (Å²) < 4.78 is 24.7. The van der Waals surface area contributed by atoms with E-state index in [1.807, 2.05) is 27.7 Å². The van der Waals surface area contributed by atoms with Crippen molar-refractivity contribution in [1.82, 2.24) is 15.6 Å². The molecule has 0 aliphatic carbocycles. The molecule has 2 rings (SSSR count). The molecule has 0 aliphatic rings. The highest BCUT2D eigenvalue weighted by atomic mass is 127. The van der Waals surface area contributed by atoms with Gasteiger partial charge < -0.3 is 19.8 Å². The van der Waals surface area contributed by atoms with Gasteiger partial charge in [-0.3, -0.25) is 0 Å². The first-order valence-electron chi connectivity index (χ1n) is 8.35. The highest BCUT2D eigenvalue weighted by molar-refractivity contribution is 14.0. The van der Waals surface area contributed by atoms with Gasteiger partial charge in [0.1, 0.15) is 18.4 Å². The van der Waals surface area contributed by atoms with Gasteiger partial charge in [0, 0.05) is 6.54 Å². The van der Waals surface area contributed by atoms with Crippen LogP contribution in [0.2, 0.25) is 0 Å². The summed E-state index contributed by atoms with van der Waals surface area (Å²) in [5.41, 5.74) is 0.870. The maximum Gasteiger partial charge on any atom is 0.216 e. The Kier molecular flexibility index (Phi) is 9.39. The highest BCUT2D eigenvalue weighted by Crippen LogP contribution is 2.16. The van der Waals surface area contributed by atoms with Crippen molar-refractivity contribution >= 4 is 29.9 Å². The molecule has 26 heavy (non-hydrogen) atoms. The number of hydrogen-bond donors (Lipinski definition) is 2. The van der Waals surface area contributed by atoms with E-state index in [2.05, 4.69) is 20.6 Å². The number of ether oxygens (including phenoxy) is 1. The van der Waals surface area contributed by atoms with Crippen LogP contribution >= 0.6 is 24.0 Å². The Morgan fingerprint density at radius 3 is 2.65 bits per heavy atom. The second-order valence-corrected chi connectivity index (χ2v) is 5.68. The van der Waals surface area contributed by atoms with Crippen molar-refractivity contribution in [3.63, 3.8) is 0 Å². The molecule has 1 heterocycles. The third-order valence-corrected chi connectivity index (χ3v) is 3.51. The summed E-state index contributed by atoms with van der Waals surface area (Å²) in [6.45, 7) is 9.16. The first-order valence-corrected chi connectivity index (χ1v) is 8.35. The summed E-state index contributed by atoms with van der Waals surface area (Å²) in [6, 6.07) is 6.36. The van der Waals surface area contributed by atoms with Gasteiger partial charge in [-0.2, -0.15) is 0 Å². The first kappa shape index (κ1) is 22.2. The van der Waals surface area contributed by atoms with Crippen molar-refractivity contribution in [2.45, 2.75) is 40.3 Å². The van der Waals surface area contributed by atoms with Gasteiger partial charge in [-0.15, -0.1) is 24.0 Å². The van der Waals surface area contributed by atoms with Crippen LogP contribution in [0.5, 0.6) is 5.75 Å². The van der Waals surface area contributed by atoms with Crippen molar-refractivity contribution < 1.29 is 13.5 Å². The number of hydrogen-bond acceptors (Lipinski definition) is 4. The van der Waals surface area contributed by atoms with Crippen molar-refractivity contribution in [2.24, 2.45) is 4.99 Å². The van der Waals surface area contributed by atoms with Crippen molar-refractivity contribution in [1.29, 1.82) is 0 Å². The maximum absolute atomic E-state index is 13.6. The quantitative estimate of drug-likeness (QED) is 0.363. The van der Waals surface area contributed by atoms with Crippen LogP contribution in [0.25, 0.3) is 0 Å². The minimum atomic E-state index is -0.371. The number of aryl methyl sites for hydroxylation is 2. The van der Waals surface area contributed by atoms with Gasteiger partial charge in [-0.25, -0.2) is 14.4 Å². The lowest BCUT2D eigenvalue weighted by Crippen LogP contribution is -2.41. The molecule has 0 saturated carbocycles. The normalized spacial score (nSPS) is 12.3. The predicted octanol–water partition coefficient (Wildman–Crippen LogP) is 3.57. The minimum absolute atomic E-state index is 0. The van der Waals surface area contributed by atoms with E-state index in [0.29, 0.717) is 24.9 Å². The Hall–Kier alpha value is -1.84. The molecule has 1 aromatic carbocycles. The van der Waals surface area contributed by atoms with Crippen molar-refractivity contribution in [3.05, 3.63) is 47.4 Å². The van der Waals surface area contributed by atoms with Crippen LogP contribution in [-0.2, 0) is 6.54 Å². The maximum atomic E-state index is 13.6. The predicted molar refractivity (Wildman–Crippen MR) is 111 cm³/mol. The van der Waals surface area contributed by atoms with Gasteiger partial charge in [0.05, 0.1) is 12.2 Å². The molecule has 0 aliphatic heterocycles. The lowest BCUT2D eigenvalue weighted by molar-refractivity contribution is 0.214. The van der Waals surface area contributed by atoms with E-state index in [-0.39, 0.29) is 41.6 Å². The number of oxazole rings is 1. The van der Waals surface area contributed by atoms with Crippen LogP contribution in [0.3, 0.4) is 0 Å². The number of aliphatic imine (C=N–C) groups is 1. The zero-order valence-electron chi connectivity index (χ0n) is 15.5. The molecule has 1 aromatic heterocycles. The number of guanidine groups is 1. The van der Waals surface area contributed by atoms with Crippen molar-refractivity contribution in [3.8, 4) is 5.75 Å². The van der Waals surface area contributed by atoms with Crippen LogP contribution in [0.1, 0.15) is 31.2 Å². The second-order valence-electron chi connectivity index (χ2n) is 5.68. The zero-order chi connectivity index (χ0) is 18.2. The number of benzene rings is 1. The molecule has 0 spiro atoms. The van der Waals surface area contributed by atoms with Crippen molar-refractivity contribution in [2.75, 3.05) is 13.1 Å². The lowest BCUT2D eigenvalue weighted by Gasteiger charge is -2.17. The molecular formula is C18H26FIN4O2. The van der Waals surface area contributed by atoms with E-state index >= 15 is 0 Å². The molecule has 144 valence electrons. The van der Waals surface area contributed by atoms with E-state index in [1.165, 1.54) is 6.07 Å². The van der Waals surface area contributed by atoms with Crippen LogP contribution < -0.4 is 15.4 Å². The molecule has 1 unspecified atom stereocenters. The number of aromatic nitrogens is 1. The highest BCUT2D eigenvalue weighted by Gasteiger charge is 2.09. The first-order chi connectivity index (χ1) is 12.0. The number of para-hydroxylation sites is 1. The van der Waals surface area contributed by atoms with Gasteiger partial charge in [-0.05, 0) is 39.8 Å². The molecule has 0 amide bonds. The van der Waals surface area contributed by atoms with Gasteiger partial charge in [-0.1, -0.05) is 12.1 Å². The lowest BCUT2D eigenvalue weighted by atomic mass is 10.3. The number of halogens is 2. The van der Waals surface area contributed by atoms with Crippen LogP contribution in [0.15, 0.2) is 33.7 Å². The molecule has 2 aromatic rings. The minimum Gasteiger partial charge on any atom is -0.486 e. The van der Waals surface area contributed by atoms with E-state index in [0.717, 1.165) is 18.0 Å². The molecular weight excluding hydrogens is 450 g/mol. The van der Waals surface area contributed by atoms with Gasteiger partial charge in [0.2, 0.25) is 5.89 Å². The fourth-order valence-corrected chi connectivity index (χ4v) is 2.13. The molecule has 6 nitrogen and oxygen atoms in total. The Labute approximate surface area is 170 Å². The second kappa shape index (κ2) is 11.0. The third kappa shape index (κ3) is 6.81. The summed E-state index contributed by atoms with van der Waals surface area (Å²) in [7, 11) is 0. The summed E-state index contributed by atoms with van der Waals surface area (Å²) in [4.78, 5) is 8.75. The Bertz CT molecular complexity index is 701. The Balaban J connectivity index is 0.00000338. The number of rotatable bonds is 7. The molecule has 0 saturated heterocycles. The molecule has 0 radical (unpaired) electrons. The van der Waals surface area contributed by atoms with E-state index in [4.69, 9.17) is 9.15 Å². The molecule has 0 fully saturated rings. The monoisotopic (exact) mass is 476 g/mol. The fourth-order valence-electron chi connectivity index (χ4n) is 2.13. The summed E-state index contributed by atoms with van der Waals surface area (Å²) in [5, 5.41) is 6.32. The molecule has 2 N–H and O–H groups in total. The standard InChI is InChI=1S/C18H25FN4O2.HI/c1-5-20-18(22-11-17-23-13(3)14(4)25-17)21-10-12(2)24-16-9-7-6-8-15(16)19;/h6-9,12H,5,10-11H2,1-4H3,(H2,20,21,22);1H. The average molecular weight is 476 g/mol. The van der Waals surface area contributed by atoms with Crippen LogP contribution in [-0.4, -0.2) is 30.1 Å². The van der Waals surface area contributed by atoms with E-state index < -0.39 is 0 Å². The summed E-state index contributed by atoms with van der Waals surface area (Å²) in [5.74, 6) is 1.87. The summed E-state index contributed by atoms with van der Waals surface area (Å²) >= 11 is 0. The zero-order valence-corrected chi connectivity index (χ0v) is 17.8. The molecule has 1 atom stereocenters. The van der Waals surface area contributed by atoms with E-state index in [1.54, 1.807) is 18.2 Å². The van der Waals surface area contributed by atoms with Gasteiger partial charge in [0.15, 0.2) is 17.5 Å². The third-order valence-electron chi connectivity index (χ3n) is 3.51. The summed E-state index contributed by atoms with van der Waals surface area (Å²) in [6.07, 6.45) is -0.230. The molecule has 8 heteroatoms. The fraction of sp³-hybridized carbons (Fsp3) is 0.444. The van der Waals surface area contributed by atoms with Crippen LogP contribution in [0.4, 0.5) is 4.39 Å².